The van der Waals surface area contributed by atoms with E-state index in [0.717, 1.165) is 0 Å². The van der Waals surface area contributed by atoms with E-state index in [0.29, 0.717) is 18.8 Å². The summed E-state index contributed by atoms with van der Waals surface area (Å²) >= 11 is 0. The molecule has 1 aromatic carbocycles. The molecular weight excluding hydrogens is 393 g/mol. The number of aromatic nitrogens is 3. The molecule has 0 aliphatic heterocycles. The number of rotatable bonds is 10. The van der Waals surface area contributed by atoms with E-state index < -0.39 is 24.6 Å². The van der Waals surface area contributed by atoms with Crippen molar-refractivity contribution in [1.82, 2.24) is 20.3 Å². The molecule has 0 radical (unpaired) electrons. The second kappa shape index (κ2) is 10.2. The Bertz CT molecular complexity index is 774. The zero-order valence-electron chi connectivity index (χ0n) is 16.3. The van der Waals surface area contributed by atoms with Gasteiger partial charge in [0.25, 0.3) is 5.91 Å². The molecule has 1 amide bonds. The van der Waals surface area contributed by atoms with Gasteiger partial charge < -0.3 is 19.5 Å². The average molecular weight is 416 g/mol. The minimum absolute atomic E-state index is 0.0978. The molecule has 2 aromatic rings. The van der Waals surface area contributed by atoms with Crippen molar-refractivity contribution >= 4 is 5.91 Å². The Labute approximate surface area is 165 Å². The van der Waals surface area contributed by atoms with Crippen LogP contribution in [0.25, 0.3) is 0 Å². The van der Waals surface area contributed by atoms with Gasteiger partial charge in [-0.1, -0.05) is 17.3 Å². The van der Waals surface area contributed by atoms with Gasteiger partial charge in [0.1, 0.15) is 5.75 Å². The molecule has 160 valence electrons. The zero-order valence-corrected chi connectivity index (χ0v) is 16.3. The Morgan fingerprint density at radius 2 is 1.79 bits per heavy atom. The van der Waals surface area contributed by atoms with Gasteiger partial charge >= 0.3 is 6.36 Å². The lowest BCUT2D eigenvalue weighted by atomic mass is 10.1. The van der Waals surface area contributed by atoms with Gasteiger partial charge in [-0.25, -0.2) is 4.68 Å². The van der Waals surface area contributed by atoms with E-state index in [1.165, 1.54) is 35.1 Å². The standard InChI is InChI=1S/C18H23F3N4O4/c1-4-27-16(28-5-2)11-25-10-15(23-24-25)17(26)22-12(3)13-6-8-14(9-7-13)29-18(19,20)21/h6-10,12,16H,4-5,11H2,1-3H3,(H,22,26). The van der Waals surface area contributed by atoms with Crippen LogP contribution in [-0.2, 0) is 16.0 Å². The normalized spacial score (nSPS) is 12.8. The van der Waals surface area contributed by atoms with Crippen LogP contribution in [0.2, 0.25) is 0 Å². The topological polar surface area (TPSA) is 87.5 Å². The number of nitrogens with zero attached hydrogens (tertiary/aromatic N) is 3. The number of carbonyl (C=O) groups is 1. The van der Waals surface area contributed by atoms with Crippen molar-refractivity contribution in [3.05, 3.63) is 41.7 Å². The van der Waals surface area contributed by atoms with Gasteiger partial charge in [-0.2, -0.15) is 0 Å². The fourth-order valence-corrected chi connectivity index (χ4v) is 2.48. The number of ether oxygens (including phenoxy) is 3. The third kappa shape index (κ3) is 7.35. The first-order valence-corrected chi connectivity index (χ1v) is 9.01. The second-order valence-corrected chi connectivity index (χ2v) is 5.98. The molecule has 1 atom stereocenters. The average Bonchev–Trinajstić information content (AvgIpc) is 3.10. The Morgan fingerprint density at radius 3 is 2.34 bits per heavy atom. The molecule has 0 bridgehead atoms. The van der Waals surface area contributed by atoms with Crippen molar-refractivity contribution in [2.24, 2.45) is 0 Å². The summed E-state index contributed by atoms with van der Waals surface area (Å²) in [6.07, 6.45) is -3.79. The second-order valence-electron chi connectivity index (χ2n) is 5.98. The number of amides is 1. The van der Waals surface area contributed by atoms with Crippen molar-refractivity contribution < 1.29 is 32.2 Å². The molecular formula is C18H23F3N4O4. The highest BCUT2D eigenvalue weighted by atomic mass is 19.4. The molecule has 2 rings (SSSR count). The molecule has 1 unspecified atom stereocenters. The van der Waals surface area contributed by atoms with Crippen LogP contribution in [0.1, 0.15) is 42.9 Å². The van der Waals surface area contributed by atoms with Gasteiger partial charge in [-0.3, -0.25) is 4.79 Å². The summed E-state index contributed by atoms with van der Waals surface area (Å²) < 4.78 is 52.8. The van der Waals surface area contributed by atoms with Gasteiger partial charge in [0.05, 0.1) is 18.8 Å². The smallest absolute Gasteiger partial charge is 0.406 e. The predicted octanol–water partition coefficient (Wildman–Crippen LogP) is 3.07. The maximum absolute atomic E-state index is 12.4. The molecule has 0 fully saturated rings. The first kappa shape index (κ1) is 22.6. The number of benzene rings is 1. The summed E-state index contributed by atoms with van der Waals surface area (Å²) in [5.74, 6) is -0.801. The van der Waals surface area contributed by atoms with Gasteiger partial charge in [-0.05, 0) is 38.5 Å². The van der Waals surface area contributed by atoms with E-state index in [2.05, 4.69) is 20.4 Å². The molecule has 0 saturated heterocycles. The number of alkyl halides is 3. The van der Waals surface area contributed by atoms with Crippen molar-refractivity contribution in [3.63, 3.8) is 0 Å². The highest BCUT2D eigenvalue weighted by Gasteiger charge is 2.31. The van der Waals surface area contributed by atoms with E-state index in [-0.39, 0.29) is 18.0 Å². The fourth-order valence-electron chi connectivity index (χ4n) is 2.48. The van der Waals surface area contributed by atoms with E-state index in [9.17, 15) is 18.0 Å². The van der Waals surface area contributed by atoms with E-state index in [1.54, 1.807) is 6.92 Å². The summed E-state index contributed by atoms with van der Waals surface area (Å²) in [6, 6.07) is 4.79. The quantitative estimate of drug-likeness (QED) is 0.599. The lowest BCUT2D eigenvalue weighted by molar-refractivity contribution is -0.274. The van der Waals surface area contributed by atoms with Crippen LogP contribution < -0.4 is 10.1 Å². The highest BCUT2D eigenvalue weighted by molar-refractivity contribution is 5.92. The van der Waals surface area contributed by atoms with Gasteiger partial charge in [0.2, 0.25) is 0 Å². The lowest BCUT2D eigenvalue weighted by Gasteiger charge is -2.16. The number of carbonyl (C=O) groups excluding carboxylic acids is 1. The van der Waals surface area contributed by atoms with Gasteiger partial charge in [0.15, 0.2) is 12.0 Å². The molecule has 1 N–H and O–H groups in total. The summed E-state index contributed by atoms with van der Waals surface area (Å²) in [6.45, 7) is 6.60. The Kier molecular flexibility index (Phi) is 7.97. The third-order valence-corrected chi connectivity index (χ3v) is 3.77. The van der Waals surface area contributed by atoms with Crippen LogP contribution in [0.4, 0.5) is 13.2 Å². The molecule has 0 spiro atoms. The Morgan fingerprint density at radius 1 is 1.17 bits per heavy atom. The van der Waals surface area contributed by atoms with Crippen molar-refractivity contribution in [2.45, 2.75) is 46.0 Å². The molecule has 29 heavy (non-hydrogen) atoms. The monoisotopic (exact) mass is 416 g/mol. The molecule has 0 aliphatic rings. The summed E-state index contributed by atoms with van der Waals surface area (Å²) in [5, 5.41) is 10.4. The zero-order chi connectivity index (χ0) is 21.4. The first-order valence-electron chi connectivity index (χ1n) is 9.01. The molecule has 1 heterocycles. The number of hydrogen-bond donors (Lipinski definition) is 1. The number of halogens is 3. The van der Waals surface area contributed by atoms with Crippen LogP contribution in [0.5, 0.6) is 5.75 Å². The molecule has 11 heteroatoms. The van der Waals surface area contributed by atoms with E-state index in [1.807, 2.05) is 13.8 Å². The molecule has 1 aromatic heterocycles. The number of nitrogens with one attached hydrogen (secondary N) is 1. The maximum atomic E-state index is 12.4. The van der Waals surface area contributed by atoms with Gasteiger partial charge in [-0.15, -0.1) is 18.3 Å². The third-order valence-electron chi connectivity index (χ3n) is 3.77. The van der Waals surface area contributed by atoms with Crippen LogP contribution in [0.15, 0.2) is 30.5 Å². The van der Waals surface area contributed by atoms with Crippen molar-refractivity contribution in [2.75, 3.05) is 13.2 Å². The van der Waals surface area contributed by atoms with Gasteiger partial charge in [0, 0.05) is 13.2 Å². The van der Waals surface area contributed by atoms with E-state index >= 15 is 0 Å². The fraction of sp³-hybridized carbons (Fsp3) is 0.500. The summed E-state index contributed by atoms with van der Waals surface area (Å²) in [5.41, 5.74) is 0.702. The Hall–Kier alpha value is -2.66. The number of hydrogen-bond acceptors (Lipinski definition) is 6. The SMILES string of the molecule is CCOC(Cn1cc(C(=O)NC(C)c2ccc(OC(F)(F)F)cc2)nn1)OCC. The highest BCUT2D eigenvalue weighted by Crippen LogP contribution is 2.24. The van der Waals surface area contributed by atoms with E-state index in [4.69, 9.17) is 9.47 Å². The minimum atomic E-state index is -4.75. The summed E-state index contributed by atoms with van der Waals surface area (Å²) in [7, 11) is 0. The molecule has 0 aliphatic carbocycles. The largest absolute Gasteiger partial charge is 0.573 e. The Balaban J connectivity index is 1.95. The summed E-state index contributed by atoms with van der Waals surface area (Å²) in [4.78, 5) is 12.4. The van der Waals surface area contributed by atoms with Crippen LogP contribution in [-0.4, -0.2) is 46.8 Å². The van der Waals surface area contributed by atoms with Crippen LogP contribution >= 0.6 is 0 Å². The maximum Gasteiger partial charge on any atom is 0.573 e. The van der Waals surface area contributed by atoms with Crippen molar-refractivity contribution in [3.8, 4) is 5.75 Å². The first-order chi connectivity index (χ1) is 13.7. The predicted molar refractivity (Wildman–Crippen MR) is 96.1 cm³/mol. The van der Waals surface area contributed by atoms with Crippen LogP contribution in [0.3, 0.4) is 0 Å². The lowest BCUT2D eigenvalue weighted by Crippen LogP contribution is -2.27. The molecule has 0 saturated carbocycles. The molecule has 8 nitrogen and oxygen atoms in total. The van der Waals surface area contributed by atoms with Crippen molar-refractivity contribution in [1.29, 1.82) is 0 Å². The van der Waals surface area contributed by atoms with Crippen LogP contribution in [0, 0.1) is 0 Å². The minimum Gasteiger partial charge on any atom is -0.406 e.